The Bertz CT molecular complexity index is 381. The zero-order valence-corrected chi connectivity index (χ0v) is 10.9. The molecule has 0 aromatic heterocycles. The van der Waals surface area contributed by atoms with Crippen LogP contribution in [-0.2, 0) is 0 Å². The number of nitrogens with two attached hydrogens (primary N) is 1. The lowest BCUT2D eigenvalue weighted by atomic mass is 10.1. The predicted octanol–water partition coefficient (Wildman–Crippen LogP) is 2.04. The second-order valence-corrected chi connectivity index (χ2v) is 5.24. The van der Waals surface area contributed by atoms with Gasteiger partial charge in [0.2, 0.25) is 0 Å². The highest BCUT2D eigenvalue weighted by molar-refractivity contribution is 9.10. The predicted molar refractivity (Wildman–Crippen MR) is 69.6 cm³/mol. The molecule has 1 aromatic carbocycles. The maximum Gasteiger partial charge on any atom is 0.0731 e. The minimum atomic E-state index is -0.188. The van der Waals surface area contributed by atoms with Crippen molar-refractivity contribution < 1.29 is 5.11 Å². The standard InChI is InChI=1S/C12H17BrN2O/c1-8(14)11-3-2-9(6-12(11)13)15-5-4-10(16)7-15/h2-3,6,8,10,16H,4-5,7,14H2,1H3/t8-,10?/m1/s1. The molecule has 0 radical (unpaired) electrons. The number of β-amino-alcohol motifs (C(OH)–C–C–N with tert-alkyl or cyclic N) is 1. The monoisotopic (exact) mass is 284 g/mol. The van der Waals surface area contributed by atoms with Crippen LogP contribution in [0.4, 0.5) is 5.69 Å². The van der Waals surface area contributed by atoms with Gasteiger partial charge in [-0.05, 0) is 31.0 Å². The topological polar surface area (TPSA) is 49.5 Å². The largest absolute Gasteiger partial charge is 0.391 e. The van der Waals surface area contributed by atoms with Crippen LogP contribution in [0, 0.1) is 0 Å². The van der Waals surface area contributed by atoms with E-state index in [9.17, 15) is 5.11 Å². The van der Waals surface area contributed by atoms with E-state index in [1.54, 1.807) is 0 Å². The smallest absolute Gasteiger partial charge is 0.0731 e. The van der Waals surface area contributed by atoms with Gasteiger partial charge in [-0.15, -0.1) is 0 Å². The third-order valence-electron chi connectivity index (χ3n) is 3.00. The molecule has 2 rings (SSSR count). The van der Waals surface area contributed by atoms with Crippen LogP contribution in [0.2, 0.25) is 0 Å². The molecule has 1 heterocycles. The first-order chi connectivity index (χ1) is 7.58. The molecule has 3 N–H and O–H groups in total. The van der Waals surface area contributed by atoms with Gasteiger partial charge in [0.1, 0.15) is 0 Å². The summed E-state index contributed by atoms with van der Waals surface area (Å²) in [5.41, 5.74) is 8.12. The van der Waals surface area contributed by atoms with Crippen molar-refractivity contribution in [2.24, 2.45) is 5.73 Å². The highest BCUT2D eigenvalue weighted by Crippen LogP contribution is 2.29. The van der Waals surface area contributed by atoms with E-state index in [4.69, 9.17) is 5.73 Å². The third kappa shape index (κ3) is 2.39. The molecule has 16 heavy (non-hydrogen) atoms. The van der Waals surface area contributed by atoms with E-state index in [0.717, 1.165) is 35.2 Å². The van der Waals surface area contributed by atoms with E-state index in [1.807, 2.05) is 6.92 Å². The molecule has 0 spiro atoms. The van der Waals surface area contributed by atoms with Crippen LogP contribution in [0.1, 0.15) is 24.9 Å². The molecule has 1 aliphatic heterocycles. The van der Waals surface area contributed by atoms with Gasteiger partial charge in [-0.2, -0.15) is 0 Å². The quantitative estimate of drug-likeness (QED) is 0.874. The van der Waals surface area contributed by atoms with Crippen LogP contribution in [0.15, 0.2) is 22.7 Å². The second-order valence-electron chi connectivity index (χ2n) is 4.38. The number of benzene rings is 1. The second kappa shape index (κ2) is 4.73. The van der Waals surface area contributed by atoms with Crippen LogP contribution in [0.25, 0.3) is 0 Å². The molecular weight excluding hydrogens is 268 g/mol. The summed E-state index contributed by atoms with van der Waals surface area (Å²) in [7, 11) is 0. The van der Waals surface area contributed by atoms with Crippen molar-refractivity contribution in [3.05, 3.63) is 28.2 Å². The molecule has 1 saturated heterocycles. The molecule has 88 valence electrons. The summed E-state index contributed by atoms with van der Waals surface area (Å²) in [5.74, 6) is 0. The lowest BCUT2D eigenvalue weighted by molar-refractivity contribution is 0.198. The van der Waals surface area contributed by atoms with E-state index < -0.39 is 0 Å². The average molecular weight is 285 g/mol. The molecule has 2 atom stereocenters. The first-order valence-corrected chi connectivity index (χ1v) is 6.35. The Hall–Kier alpha value is -0.580. The number of anilines is 1. The Labute approximate surface area is 104 Å². The van der Waals surface area contributed by atoms with Crippen molar-refractivity contribution in [1.29, 1.82) is 0 Å². The third-order valence-corrected chi connectivity index (χ3v) is 3.69. The molecule has 1 aliphatic rings. The van der Waals surface area contributed by atoms with E-state index >= 15 is 0 Å². The molecule has 4 heteroatoms. The molecule has 0 saturated carbocycles. The SMILES string of the molecule is C[C@@H](N)c1ccc(N2CCC(O)C2)cc1Br. The van der Waals surface area contributed by atoms with Crippen molar-refractivity contribution in [2.45, 2.75) is 25.5 Å². The number of hydrogen-bond acceptors (Lipinski definition) is 3. The van der Waals surface area contributed by atoms with Gasteiger partial charge in [-0.1, -0.05) is 22.0 Å². The van der Waals surface area contributed by atoms with Gasteiger partial charge in [0.25, 0.3) is 0 Å². The highest BCUT2D eigenvalue weighted by atomic mass is 79.9. The van der Waals surface area contributed by atoms with Crippen LogP contribution in [-0.4, -0.2) is 24.3 Å². The Balaban J connectivity index is 2.21. The lowest BCUT2D eigenvalue weighted by Crippen LogP contribution is -2.21. The Morgan fingerprint density at radius 2 is 2.31 bits per heavy atom. The maximum atomic E-state index is 9.50. The molecule has 0 amide bonds. The van der Waals surface area contributed by atoms with Gasteiger partial charge in [0.05, 0.1) is 6.10 Å². The summed E-state index contributed by atoms with van der Waals surface area (Å²) in [6.45, 7) is 3.62. The summed E-state index contributed by atoms with van der Waals surface area (Å²) in [6, 6.07) is 6.24. The lowest BCUT2D eigenvalue weighted by Gasteiger charge is -2.19. The Morgan fingerprint density at radius 1 is 1.56 bits per heavy atom. The van der Waals surface area contributed by atoms with Gasteiger partial charge >= 0.3 is 0 Å². The number of nitrogens with zero attached hydrogens (tertiary/aromatic N) is 1. The van der Waals surface area contributed by atoms with E-state index in [1.165, 1.54) is 0 Å². The van der Waals surface area contributed by atoms with Crippen molar-refractivity contribution in [3.63, 3.8) is 0 Å². The molecule has 3 nitrogen and oxygen atoms in total. The Morgan fingerprint density at radius 3 is 2.81 bits per heavy atom. The van der Waals surface area contributed by atoms with Crippen molar-refractivity contribution in [1.82, 2.24) is 0 Å². The fourth-order valence-corrected chi connectivity index (χ4v) is 2.79. The molecule has 1 unspecified atom stereocenters. The first-order valence-electron chi connectivity index (χ1n) is 5.56. The number of aliphatic hydroxyl groups excluding tert-OH is 1. The highest BCUT2D eigenvalue weighted by Gasteiger charge is 2.20. The molecule has 0 bridgehead atoms. The average Bonchev–Trinajstić information content (AvgIpc) is 2.64. The Kier molecular flexibility index (Phi) is 3.52. The summed E-state index contributed by atoms with van der Waals surface area (Å²) in [4.78, 5) is 2.19. The normalized spacial score (nSPS) is 22.5. The molecule has 1 aromatic rings. The molecule has 0 aliphatic carbocycles. The minimum absolute atomic E-state index is 0.0348. The fraction of sp³-hybridized carbons (Fsp3) is 0.500. The minimum Gasteiger partial charge on any atom is -0.391 e. The van der Waals surface area contributed by atoms with E-state index in [0.29, 0.717) is 0 Å². The number of rotatable bonds is 2. The summed E-state index contributed by atoms with van der Waals surface area (Å²) < 4.78 is 1.04. The number of aliphatic hydroxyl groups is 1. The van der Waals surface area contributed by atoms with Gasteiger partial charge in [0.15, 0.2) is 0 Å². The van der Waals surface area contributed by atoms with Crippen molar-refractivity contribution in [3.8, 4) is 0 Å². The van der Waals surface area contributed by atoms with Gasteiger partial charge in [0, 0.05) is 29.3 Å². The zero-order valence-electron chi connectivity index (χ0n) is 9.36. The van der Waals surface area contributed by atoms with Gasteiger partial charge in [-0.25, -0.2) is 0 Å². The van der Waals surface area contributed by atoms with Crippen LogP contribution >= 0.6 is 15.9 Å². The van der Waals surface area contributed by atoms with Gasteiger partial charge < -0.3 is 15.7 Å². The van der Waals surface area contributed by atoms with Crippen LogP contribution in [0.3, 0.4) is 0 Å². The number of hydrogen-bond donors (Lipinski definition) is 2. The van der Waals surface area contributed by atoms with E-state index in [-0.39, 0.29) is 12.1 Å². The summed E-state index contributed by atoms with van der Waals surface area (Å²) in [5, 5.41) is 9.50. The first kappa shape index (κ1) is 11.9. The van der Waals surface area contributed by atoms with Gasteiger partial charge in [-0.3, -0.25) is 0 Å². The fourth-order valence-electron chi connectivity index (χ4n) is 2.06. The number of halogens is 1. The van der Waals surface area contributed by atoms with Crippen molar-refractivity contribution in [2.75, 3.05) is 18.0 Å². The zero-order chi connectivity index (χ0) is 11.7. The summed E-state index contributed by atoms with van der Waals surface area (Å²) in [6.07, 6.45) is 0.666. The maximum absolute atomic E-state index is 9.50. The summed E-state index contributed by atoms with van der Waals surface area (Å²) >= 11 is 3.54. The molecule has 1 fully saturated rings. The van der Waals surface area contributed by atoms with Crippen LogP contribution in [0.5, 0.6) is 0 Å². The molecular formula is C12H17BrN2O. The van der Waals surface area contributed by atoms with E-state index in [2.05, 4.69) is 39.0 Å². The van der Waals surface area contributed by atoms with Crippen LogP contribution < -0.4 is 10.6 Å². The van der Waals surface area contributed by atoms with Crippen molar-refractivity contribution >= 4 is 21.6 Å².